The van der Waals surface area contributed by atoms with Crippen LogP contribution in [-0.4, -0.2) is 56.9 Å². The quantitative estimate of drug-likeness (QED) is 0.144. The molecule has 0 bridgehead atoms. The molecule has 0 unspecified atom stereocenters. The van der Waals surface area contributed by atoms with Crippen molar-refractivity contribution in [3.8, 4) is 0 Å². The van der Waals surface area contributed by atoms with Crippen molar-refractivity contribution in [1.29, 1.82) is 0 Å². The second-order valence-electron chi connectivity index (χ2n) is 6.50. The Morgan fingerprint density at radius 1 is 1.00 bits per heavy atom. The molecule has 3 N–H and O–H groups in total. The van der Waals surface area contributed by atoms with Crippen molar-refractivity contribution in [2.45, 2.75) is 59.0 Å². The molecule has 0 heterocycles. The predicted molar refractivity (Wildman–Crippen MR) is 114 cm³/mol. The van der Waals surface area contributed by atoms with Gasteiger partial charge < -0.3 is 25.4 Å². The molecule has 0 aliphatic rings. The van der Waals surface area contributed by atoms with Crippen LogP contribution in [0.15, 0.2) is 4.99 Å². The number of amides is 1. The number of esters is 1. The van der Waals surface area contributed by atoms with Crippen LogP contribution in [0.5, 0.6) is 0 Å². The van der Waals surface area contributed by atoms with Gasteiger partial charge >= 0.3 is 12.1 Å². The number of nitrogens with one attached hydrogen (secondary N) is 3. The summed E-state index contributed by atoms with van der Waals surface area (Å²) in [7, 11) is 1.40. The molecule has 0 rings (SSSR count). The monoisotopic (exact) mass is 486 g/mol. The number of unbranched alkanes of at least 4 members (excludes halogenated alkanes) is 1. The van der Waals surface area contributed by atoms with E-state index in [1.165, 1.54) is 7.11 Å². The van der Waals surface area contributed by atoms with Crippen molar-refractivity contribution >= 4 is 42.0 Å². The van der Waals surface area contributed by atoms with E-state index in [9.17, 15) is 9.59 Å². The molecule has 0 aromatic carbocycles. The average molecular weight is 486 g/mol. The summed E-state index contributed by atoms with van der Waals surface area (Å²) < 4.78 is 9.76. The average Bonchev–Trinajstić information content (AvgIpc) is 2.52. The van der Waals surface area contributed by atoms with Crippen molar-refractivity contribution in [3.63, 3.8) is 0 Å². The minimum atomic E-state index is -0.488. The first-order valence-electron chi connectivity index (χ1n) is 8.84. The second-order valence-corrected chi connectivity index (χ2v) is 6.50. The van der Waals surface area contributed by atoms with Gasteiger partial charge in [0.25, 0.3) is 0 Å². The Morgan fingerprint density at radius 2 is 1.65 bits per heavy atom. The van der Waals surface area contributed by atoms with E-state index >= 15 is 0 Å². The molecule has 0 atom stereocenters. The molecule has 154 valence electrons. The predicted octanol–water partition coefficient (Wildman–Crippen LogP) is 2.42. The highest BCUT2D eigenvalue weighted by Gasteiger charge is 2.15. The minimum Gasteiger partial charge on any atom is -0.469 e. The molecular formula is C17H35IN4O4. The summed E-state index contributed by atoms with van der Waals surface area (Å²) in [6.45, 7) is 10.1. The molecule has 0 aliphatic heterocycles. The van der Waals surface area contributed by atoms with Gasteiger partial charge in [-0.2, -0.15) is 0 Å². The Hall–Kier alpha value is -1.26. The van der Waals surface area contributed by atoms with Gasteiger partial charge in [0, 0.05) is 32.6 Å². The van der Waals surface area contributed by atoms with Gasteiger partial charge in [0.15, 0.2) is 5.96 Å². The zero-order valence-electron chi connectivity index (χ0n) is 16.6. The SMILES string of the molecule is CCNC(=NCCCNC(=O)OC(C)(C)C)NCCCCC(=O)OC.I. The number of hydrogen-bond donors (Lipinski definition) is 3. The normalized spacial score (nSPS) is 11.2. The number of carbonyl (C=O) groups is 2. The number of rotatable bonds is 10. The summed E-state index contributed by atoms with van der Waals surface area (Å²) in [5.74, 6) is 0.552. The van der Waals surface area contributed by atoms with Crippen LogP contribution in [0.2, 0.25) is 0 Å². The molecule has 0 aromatic rings. The zero-order valence-corrected chi connectivity index (χ0v) is 19.0. The number of halogens is 1. The summed E-state index contributed by atoms with van der Waals surface area (Å²) >= 11 is 0. The van der Waals surface area contributed by atoms with E-state index in [4.69, 9.17) is 4.74 Å². The molecular weight excluding hydrogens is 451 g/mol. The maximum Gasteiger partial charge on any atom is 0.407 e. The van der Waals surface area contributed by atoms with Crippen LogP contribution in [0.4, 0.5) is 4.79 Å². The van der Waals surface area contributed by atoms with Gasteiger partial charge in [-0.15, -0.1) is 24.0 Å². The smallest absolute Gasteiger partial charge is 0.407 e. The number of alkyl carbamates (subject to hydrolysis) is 1. The Bertz CT molecular complexity index is 425. The van der Waals surface area contributed by atoms with Gasteiger partial charge in [-0.25, -0.2) is 4.79 Å². The van der Waals surface area contributed by atoms with Gasteiger partial charge in [-0.05, 0) is 47.0 Å². The van der Waals surface area contributed by atoms with Crippen molar-refractivity contribution < 1.29 is 19.1 Å². The zero-order chi connectivity index (χ0) is 19.1. The topological polar surface area (TPSA) is 101 Å². The van der Waals surface area contributed by atoms with Gasteiger partial charge in [0.2, 0.25) is 0 Å². The number of carbonyl (C=O) groups excluding carboxylic acids is 2. The molecule has 0 spiro atoms. The Kier molecular flexibility index (Phi) is 16.5. The van der Waals surface area contributed by atoms with E-state index in [0.717, 1.165) is 38.3 Å². The molecule has 9 heteroatoms. The fourth-order valence-electron chi connectivity index (χ4n) is 1.82. The number of aliphatic imine (C=N–C) groups is 1. The highest BCUT2D eigenvalue weighted by atomic mass is 127. The maximum atomic E-state index is 11.5. The van der Waals surface area contributed by atoms with E-state index < -0.39 is 11.7 Å². The Balaban J connectivity index is 0. The van der Waals surface area contributed by atoms with Gasteiger partial charge in [-0.1, -0.05) is 0 Å². The Morgan fingerprint density at radius 3 is 2.23 bits per heavy atom. The number of hydrogen-bond acceptors (Lipinski definition) is 5. The minimum absolute atomic E-state index is 0. The van der Waals surface area contributed by atoms with Crippen LogP contribution in [0.1, 0.15) is 53.4 Å². The molecule has 0 aromatic heterocycles. The Labute approximate surface area is 174 Å². The first kappa shape index (κ1) is 27.0. The number of ether oxygens (including phenoxy) is 2. The van der Waals surface area contributed by atoms with Crippen molar-refractivity contribution in [1.82, 2.24) is 16.0 Å². The molecule has 0 fully saturated rings. The fraction of sp³-hybridized carbons (Fsp3) is 0.824. The van der Waals surface area contributed by atoms with E-state index in [0.29, 0.717) is 19.5 Å². The van der Waals surface area contributed by atoms with Crippen LogP contribution >= 0.6 is 24.0 Å². The van der Waals surface area contributed by atoms with E-state index in [2.05, 4.69) is 25.7 Å². The molecule has 26 heavy (non-hydrogen) atoms. The van der Waals surface area contributed by atoms with Crippen LogP contribution in [0.25, 0.3) is 0 Å². The highest BCUT2D eigenvalue weighted by molar-refractivity contribution is 14.0. The largest absolute Gasteiger partial charge is 0.469 e. The molecule has 0 aliphatic carbocycles. The second kappa shape index (κ2) is 16.0. The summed E-state index contributed by atoms with van der Waals surface area (Å²) in [5, 5.41) is 9.08. The lowest BCUT2D eigenvalue weighted by Gasteiger charge is -2.19. The third kappa shape index (κ3) is 17.6. The first-order valence-corrected chi connectivity index (χ1v) is 8.84. The summed E-state index contributed by atoms with van der Waals surface area (Å²) in [6.07, 6.45) is 2.38. The van der Waals surface area contributed by atoms with Crippen LogP contribution in [-0.2, 0) is 14.3 Å². The highest BCUT2D eigenvalue weighted by Crippen LogP contribution is 2.06. The lowest BCUT2D eigenvalue weighted by Crippen LogP contribution is -2.38. The van der Waals surface area contributed by atoms with Gasteiger partial charge in [0.1, 0.15) is 5.60 Å². The third-order valence-electron chi connectivity index (χ3n) is 2.95. The molecule has 0 saturated heterocycles. The van der Waals surface area contributed by atoms with Gasteiger partial charge in [0.05, 0.1) is 7.11 Å². The van der Waals surface area contributed by atoms with E-state index in [-0.39, 0.29) is 29.9 Å². The van der Waals surface area contributed by atoms with Crippen LogP contribution < -0.4 is 16.0 Å². The number of guanidine groups is 1. The molecule has 8 nitrogen and oxygen atoms in total. The standard InChI is InChI=1S/C17H34N4O4.HI/c1-6-18-15(19-11-8-7-10-14(22)24-5)20-12-9-13-21-16(23)25-17(2,3)4;/h6-13H2,1-5H3,(H,21,23)(H2,18,19,20);1H. The molecule has 0 saturated carbocycles. The number of nitrogens with zero attached hydrogens (tertiary/aromatic N) is 1. The lowest BCUT2D eigenvalue weighted by molar-refractivity contribution is -0.140. The van der Waals surface area contributed by atoms with E-state index in [1.807, 2.05) is 27.7 Å². The summed E-state index contributed by atoms with van der Waals surface area (Å²) in [5.41, 5.74) is -0.488. The fourth-order valence-corrected chi connectivity index (χ4v) is 1.82. The lowest BCUT2D eigenvalue weighted by atomic mass is 10.2. The van der Waals surface area contributed by atoms with Crippen molar-refractivity contribution in [2.24, 2.45) is 4.99 Å². The van der Waals surface area contributed by atoms with Gasteiger partial charge in [-0.3, -0.25) is 9.79 Å². The molecule has 0 radical (unpaired) electrons. The van der Waals surface area contributed by atoms with Crippen LogP contribution in [0, 0.1) is 0 Å². The number of methoxy groups -OCH3 is 1. The van der Waals surface area contributed by atoms with E-state index in [1.54, 1.807) is 0 Å². The maximum absolute atomic E-state index is 11.5. The van der Waals surface area contributed by atoms with Crippen LogP contribution in [0.3, 0.4) is 0 Å². The summed E-state index contributed by atoms with van der Waals surface area (Å²) in [6, 6.07) is 0. The van der Waals surface area contributed by atoms with Crippen molar-refractivity contribution in [3.05, 3.63) is 0 Å². The van der Waals surface area contributed by atoms with Crippen molar-refractivity contribution in [2.75, 3.05) is 33.3 Å². The summed E-state index contributed by atoms with van der Waals surface area (Å²) in [4.78, 5) is 27.0. The first-order chi connectivity index (χ1) is 11.8. The molecule has 1 amide bonds. The third-order valence-corrected chi connectivity index (χ3v) is 2.95.